The SMILES string of the molecule is CCCC(C(=O)O)N1CCCC1C(=O)NC. The molecule has 2 unspecified atom stereocenters. The van der Waals surface area contributed by atoms with Crippen molar-refractivity contribution < 1.29 is 14.7 Å². The van der Waals surface area contributed by atoms with Crippen LogP contribution in [0.2, 0.25) is 0 Å². The van der Waals surface area contributed by atoms with Crippen molar-refractivity contribution in [3.8, 4) is 0 Å². The molecule has 1 aliphatic rings. The van der Waals surface area contributed by atoms with Gasteiger partial charge in [-0.25, -0.2) is 0 Å². The maximum Gasteiger partial charge on any atom is 0.320 e. The zero-order valence-electron chi connectivity index (χ0n) is 9.90. The number of aliphatic carboxylic acids is 1. The molecule has 0 bridgehead atoms. The fraction of sp³-hybridized carbons (Fsp3) is 0.818. The molecule has 0 saturated carbocycles. The Kier molecular flexibility index (Phi) is 4.73. The van der Waals surface area contributed by atoms with E-state index in [1.165, 1.54) is 0 Å². The first-order chi connectivity index (χ1) is 7.61. The molecule has 2 atom stereocenters. The summed E-state index contributed by atoms with van der Waals surface area (Å²) in [5.41, 5.74) is 0. The minimum absolute atomic E-state index is 0.0696. The molecule has 0 aliphatic carbocycles. The Bertz CT molecular complexity index is 268. The molecule has 92 valence electrons. The monoisotopic (exact) mass is 228 g/mol. The van der Waals surface area contributed by atoms with E-state index in [0.717, 1.165) is 19.3 Å². The Labute approximate surface area is 95.8 Å². The van der Waals surface area contributed by atoms with Crippen LogP contribution in [0.4, 0.5) is 0 Å². The molecule has 5 heteroatoms. The van der Waals surface area contributed by atoms with E-state index in [4.69, 9.17) is 5.11 Å². The van der Waals surface area contributed by atoms with Crippen LogP contribution in [0.15, 0.2) is 0 Å². The van der Waals surface area contributed by atoms with E-state index in [0.29, 0.717) is 13.0 Å². The van der Waals surface area contributed by atoms with Gasteiger partial charge in [-0.2, -0.15) is 0 Å². The maximum absolute atomic E-state index is 11.6. The Morgan fingerprint density at radius 3 is 2.75 bits per heavy atom. The summed E-state index contributed by atoms with van der Waals surface area (Å²) in [4.78, 5) is 24.6. The van der Waals surface area contributed by atoms with Gasteiger partial charge in [-0.3, -0.25) is 14.5 Å². The van der Waals surface area contributed by atoms with E-state index in [9.17, 15) is 9.59 Å². The number of rotatable bonds is 5. The number of hydrogen-bond donors (Lipinski definition) is 2. The maximum atomic E-state index is 11.6. The van der Waals surface area contributed by atoms with Crippen LogP contribution in [-0.2, 0) is 9.59 Å². The highest BCUT2D eigenvalue weighted by Gasteiger charge is 2.37. The number of likely N-dealkylation sites (N-methyl/N-ethyl adjacent to an activating group) is 1. The zero-order valence-corrected chi connectivity index (χ0v) is 9.90. The normalized spacial score (nSPS) is 23.0. The lowest BCUT2D eigenvalue weighted by Crippen LogP contribution is -2.49. The van der Waals surface area contributed by atoms with Crippen molar-refractivity contribution in [2.24, 2.45) is 0 Å². The average Bonchev–Trinajstić information content (AvgIpc) is 2.72. The van der Waals surface area contributed by atoms with Crippen molar-refractivity contribution in [2.45, 2.75) is 44.7 Å². The Morgan fingerprint density at radius 2 is 2.25 bits per heavy atom. The van der Waals surface area contributed by atoms with Gasteiger partial charge in [0.1, 0.15) is 6.04 Å². The standard InChI is InChI=1S/C11H20N2O3/c1-3-5-9(11(15)16)13-7-4-6-8(13)10(14)12-2/h8-9H,3-7H2,1-2H3,(H,12,14)(H,15,16). The first kappa shape index (κ1) is 13.0. The number of carbonyl (C=O) groups is 2. The van der Waals surface area contributed by atoms with Crippen LogP contribution in [0.1, 0.15) is 32.6 Å². The summed E-state index contributed by atoms with van der Waals surface area (Å²) in [6, 6.07) is -0.785. The van der Waals surface area contributed by atoms with Crippen LogP contribution < -0.4 is 5.32 Å². The number of nitrogens with one attached hydrogen (secondary N) is 1. The quantitative estimate of drug-likeness (QED) is 0.717. The molecular weight excluding hydrogens is 208 g/mol. The topological polar surface area (TPSA) is 69.6 Å². The summed E-state index contributed by atoms with van der Waals surface area (Å²) >= 11 is 0. The van der Waals surface area contributed by atoms with Gasteiger partial charge < -0.3 is 10.4 Å². The van der Waals surface area contributed by atoms with Crippen LogP contribution in [-0.4, -0.2) is 47.6 Å². The van der Waals surface area contributed by atoms with Crippen LogP contribution in [0, 0.1) is 0 Å². The number of carbonyl (C=O) groups excluding carboxylic acids is 1. The van der Waals surface area contributed by atoms with Crippen molar-refractivity contribution in [3.63, 3.8) is 0 Å². The molecule has 1 heterocycles. The van der Waals surface area contributed by atoms with Gasteiger partial charge in [-0.15, -0.1) is 0 Å². The molecule has 1 aliphatic heterocycles. The van der Waals surface area contributed by atoms with Gasteiger partial charge >= 0.3 is 5.97 Å². The van der Waals surface area contributed by atoms with Crippen molar-refractivity contribution in [3.05, 3.63) is 0 Å². The van der Waals surface area contributed by atoms with E-state index >= 15 is 0 Å². The van der Waals surface area contributed by atoms with Gasteiger partial charge in [0.25, 0.3) is 0 Å². The van der Waals surface area contributed by atoms with Crippen molar-refractivity contribution in [2.75, 3.05) is 13.6 Å². The average molecular weight is 228 g/mol. The van der Waals surface area contributed by atoms with Gasteiger partial charge in [-0.1, -0.05) is 13.3 Å². The van der Waals surface area contributed by atoms with Gasteiger partial charge in [-0.05, 0) is 25.8 Å². The predicted octanol–water partition coefficient (Wildman–Crippen LogP) is 0.450. The van der Waals surface area contributed by atoms with E-state index < -0.39 is 12.0 Å². The molecule has 16 heavy (non-hydrogen) atoms. The summed E-state index contributed by atoms with van der Waals surface area (Å²) in [6.45, 7) is 2.66. The lowest BCUT2D eigenvalue weighted by molar-refractivity contribution is -0.145. The fourth-order valence-electron chi connectivity index (χ4n) is 2.31. The van der Waals surface area contributed by atoms with Gasteiger partial charge in [0.05, 0.1) is 6.04 Å². The number of carboxylic acids is 1. The molecule has 5 nitrogen and oxygen atoms in total. The third kappa shape index (κ3) is 2.72. The zero-order chi connectivity index (χ0) is 12.1. The third-order valence-electron chi connectivity index (χ3n) is 3.09. The van der Waals surface area contributed by atoms with Crippen molar-refractivity contribution in [1.82, 2.24) is 10.2 Å². The first-order valence-electron chi connectivity index (χ1n) is 5.82. The molecular formula is C11H20N2O3. The molecule has 0 aromatic carbocycles. The highest BCUT2D eigenvalue weighted by molar-refractivity contribution is 5.83. The van der Waals surface area contributed by atoms with Crippen molar-refractivity contribution >= 4 is 11.9 Å². The fourth-order valence-corrected chi connectivity index (χ4v) is 2.31. The summed E-state index contributed by atoms with van der Waals surface area (Å²) in [5.74, 6) is -0.891. The number of nitrogens with zero attached hydrogens (tertiary/aromatic N) is 1. The lowest BCUT2D eigenvalue weighted by atomic mass is 10.1. The molecule has 1 amide bonds. The number of carboxylic acid groups (broad SMARTS) is 1. The summed E-state index contributed by atoms with van der Waals surface area (Å²) in [6.07, 6.45) is 3.06. The number of likely N-dealkylation sites (tertiary alicyclic amines) is 1. The van der Waals surface area contributed by atoms with E-state index in [1.807, 2.05) is 11.8 Å². The second-order valence-electron chi connectivity index (χ2n) is 4.15. The minimum Gasteiger partial charge on any atom is -0.480 e. The number of hydrogen-bond acceptors (Lipinski definition) is 3. The Hall–Kier alpha value is -1.10. The second-order valence-corrected chi connectivity index (χ2v) is 4.15. The lowest BCUT2D eigenvalue weighted by Gasteiger charge is -2.28. The highest BCUT2D eigenvalue weighted by atomic mass is 16.4. The summed E-state index contributed by atoms with van der Waals surface area (Å²) in [5, 5.41) is 11.8. The molecule has 1 saturated heterocycles. The van der Waals surface area contributed by atoms with Gasteiger partial charge in [0.2, 0.25) is 5.91 Å². The van der Waals surface area contributed by atoms with Crippen LogP contribution in [0.3, 0.4) is 0 Å². The molecule has 0 aromatic rings. The van der Waals surface area contributed by atoms with Crippen LogP contribution in [0.5, 0.6) is 0 Å². The Balaban J connectivity index is 2.74. The van der Waals surface area contributed by atoms with Crippen molar-refractivity contribution in [1.29, 1.82) is 0 Å². The van der Waals surface area contributed by atoms with Crippen LogP contribution in [0.25, 0.3) is 0 Å². The Morgan fingerprint density at radius 1 is 1.56 bits per heavy atom. The molecule has 2 N–H and O–H groups in total. The van der Waals surface area contributed by atoms with E-state index in [1.54, 1.807) is 7.05 Å². The third-order valence-corrected chi connectivity index (χ3v) is 3.09. The first-order valence-corrected chi connectivity index (χ1v) is 5.82. The molecule has 0 spiro atoms. The highest BCUT2D eigenvalue weighted by Crippen LogP contribution is 2.22. The summed E-state index contributed by atoms with van der Waals surface area (Å²) in [7, 11) is 1.59. The number of amides is 1. The smallest absolute Gasteiger partial charge is 0.320 e. The van der Waals surface area contributed by atoms with E-state index in [2.05, 4.69) is 5.32 Å². The van der Waals surface area contributed by atoms with E-state index in [-0.39, 0.29) is 11.9 Å². The molecule has 0 aromatic heterocycles. The largest absolute Gasteiger partial charge is 0.480 e. The molecule has 0 radical (unpaired) electrons. The van der Waals surface area contributed by atoms with Gasteiger partial charge in [0.15, 0.2) is 0 Å². The second kappa shape index (κ2) is 5.84. The summed E-state index contributed by atoms with van der Waals surface area (Å²) < 4.78 is 0. The van der Waals surface area contributed by atoms with Crippen LogP contribution >= 0.6 is 0 Å². The minimum atomic E-state index is -0.822. The predicted molar refractivity (Wildman–Crippen MR) is 60.1 cm³/mol. The molecule has 1 rings (SSSR count). The molecule has 1 fully saturated rings. The van der Waals surface area contributed by atoms with Gasteiger partial charge in [0, 0.05) is 7.05 Å².